The summed E-state index contributed by atoms with van der Waals surface area (Å²) in [6.07, 6.45) is 20.5. The molecule has 2 aromatic carbocycles. The van der Waals surface area contributed by atoms with Gasteiger partial charge in [0.1, 0.15) is 0 Å². The molecule has 1 aliphatic heterocycles. The molecule has 0 aromatic heterocycles. The Labute approximate surface area is 240 Å². The van der Waals surface area contributed by atoms with Crippen LogP contribution in [0.3, 0.4) is 0 Å². The third-order valence-electron chi connectivity index (χ3n) is 8.26. The molecule has 0 fully saturated rings. The minimum atomic E-state index is 1.01. The van der Waals surface area contributed by atoms with Crippen molar-refractivity contribution in [3.63, 3.8) is 0 Å². The number of allylic oxidation sites excluding steroid dienone is 2. The molecule has 2 nitrogen and oxygen atoms in total. The fourth-order valence-electron chi connectivity index (χ4n) is 5.86. The summed E-state index contributed by atoms with van der Waals surface area (Å²) in [5.74, 6) is 0. The van der Waals surface area contributed by atoms with Gasteiger partial charge in [-0.15, -0.1) is 0 Å². The van der Waals surface area contributed by atoms with E-state index in [4.69, 9.17) is 0 Å². The molecule has 2 aromatic rings. The minimum Gasteiger partial charge on any atom is -0.493 e. The second kappa shape index (κ2) is 17.3. The van der Waals surface area contributed by atoms with Crippen LogP contribution in [0.4, 0.5) is 0 Å². The van der Waals surface area contributed by atoms with Crippen LogP contribution in [0.15, 0.2) is 59.7 Å². The molecule has 0 saturated heterocycles. The lowest BCUT2D eigenvalue weighted by atomic mass is 9.91. The van der Waals surface area contributed by atoms with Crippen molar-refractivity contribution in [3.05, 3.63) is 87.5 Å². The Kier molecular flexibility index (Phi) is 13.7. The van der Waals surface area contributed by atoms with E-state index in [2.05, 4.69) is 76.2 Å². The molecule has 0 saturated carbocycles. The van der Waals surface area contributed by atoms with Crippen molar-refractivity contribution in [1.82, 2.24) is 0 Å². The van der Waals surface area contributed by atoms with Gasteiger partial charge in [0.25, 0.3) is 0 Å². The van der Waals surface area contributed by atoms with Crippen LogP contribution in [0.25, 0.3) is 16.9 Å². The van der Waals surface area contributed by atoms with E-state index >= 15 is 0 Å². The van der Waals surface area contributed by atoms with Gasteiger partial charge in [-0.1, -0.05) is 110 Å². The van der Waals surface area contributed by atoms with Crippen molar-refractivity contribution in [2.24, 2.45) is 0 Å². The van der Waals surface area contributed by atoms with Gasteiger partial charge in [-0.25, -0.2) is 4.70 Å². The van der Waals surface area contributed by atoms with Crippen LogP contribution < -0.4 is 0 Å². The topological polar surface area (TPSA) is 25.3 Å². The summed E-state index contributed by atoms with van der Waals surface area (Å²) < 4.78 is 1.55. The monoisotopic (exact) mass is 526 g/mol. The lowest BCUT2D eigenvalue weighted by molar-refractivity contribution is -0.345. The molecule has 0 spiro atoms. The smallest absolute Gasteiger partial charge is 0.211 e. The maximum atomic E-state index is 11.9. The molecular weight excluding hydrogens is 472 g/mol. The largest absolute Gasteiger partial charge is 0.493 e. The molecule has 0 radical (unpaired) electrons. The van der Waals surface area contributed by atoms with Crippen LogP contribution >= 0.6 is 0 Å². The molecule has 3 rings (SSSR count). The second-order valence-corrected chi connectivity index (χ2v) is 11.5. The van der Waals surface area contributed by atoms with Gasteiger partial charge in [0.15, 0.2) is 0 Å². The van der Waals surface area contributed by atoms with Gasteiger partial charge in [0.2, 0.25) is 11.4 Å². The van der Waals surface area contributed by atoms with Crippen LogP contribution in [0.1, 0.15) is 146 Å². The molecule has 2 heteroatoms. The number of nitrogens with zero attached hydrogens (tertiary/aromatic N) is 2. The maximum Gasteiger partial charge on any atom is 0.211 e. The van der Waals surface area contributed by atoms with Gasteiger partial charge in [-0.3, -0.25) is 0 Å². The molecule has 0 aliphatic carbocycles. The quantitative estimate of drug-likeness (QED) is 0.128. The molecule has 0 bridgehead atoms. The second-order valence-electron chi connectivity index (χ2n) is 11.5. The van der Waals surface area contributed by atoms with Crippen molar-refractivity contribution in [1.29, 1.82) is 0 Å². The zero-order valence-corrected chi connectivity index (χ0v) is 25.5. The fraction of sp³-hybridized carbons (Fsp3) is 0.568. The van der Waals surface area contributed by atoms with Gasteiger partial charge < -0.3 is 5.53 Å². The van der Waals surface area contributed by atoms with Crippen LogP contribution in [-0.4, -0.2) is 4.70 Å². The van der Waals surface area contributed by atoms with Crippen LogP contribution in [0.5, 0.6) is 0 Å². The SMILES string of the molecule is CCCCCCC1=C(c2ccc(CCCCCC)cc2)[N+](=[N-])C(c2ccc(CCCC)cc2)=C1CCCCC. The highest BCUT2D eigenvalue weighted by Crippen LogP contribution is 2.44. The molecule has 1 heterocycles. The first-order valence-corrected chi connectivity index (χ1v) is 16.3. The summed E-state index contributed by atoms with van der Waals surface area (Å²) in [6, 6.07) is 18.1. The van der Waals surface area contributed by atoms with Crippen LogP contribution in [0, 0.1) is 0 Å². The zero-order chi connectivity index (χ0) is 27.9. The Bertz CT molecular complexity index is 1070. The first kappa shape index (κ1) is 31.1. The summed E-state index contributed by atoms with van der Waals surface area (Å²) in [4.78, 5) is 0. The molecule has 0 amide bonds. The average molecular weight is 527 g/mol. The normalized spacial score (nSPS) is 13.7. The standard InChI is InChI=1S/C37H54N2/c1-5-9-13-16-19-31-24-28-33(29-25-31)37-35(21-17-14-10-6-2)34(20-15-11-7-3)36(39(37)38)32-26-22-30(23-27-32)18-12-8-4/h22-29H,5-21H2,1-4H3. The van der Waals surface area contributed by atoms with Gasteiger partial charge in [-0.05, 0) is 86.8 Å². The number of rotatable bonds is 19. The predicted molar refractivity (Wildman–Crippen MR) is 170 cm³/mol. The Hall–Kier alpha value is -2.48. The van der Waals surface area contributed by atoms with Crippen molar-refractivity contribution in [2.45, 2.75) is 137 Å². The highest BCUT2D eigenvalue weighted by atomic mass is 15.2. The highest BCUT2D eigenvalue weighted by molar-refractivity contribution is 5.82. The van der Waals surface area contributed by atoms with E-state index in [1.54, 1.807) is 4.70 Å². The van der Waals surface area contributed by atoms with Crippen LogP contribution in [-0.2, 0) is 12.8 Å². The Morgan fingerprint density at radius 2 is 0.795 bits per heavy atom. The summed E-state index contributed by atoms with van der Waals surface area (Å²) in [6.45, 7) is 9.06. The Balaban J connectivity index is 1.96. The van der Waals surface area contributed by atoms with Crippen LogP contribution in [0.2, 0.25) is 0 Å². The third kappa shape index (κ3) is 9.02. The molecule has 1 aliphatic rings. The van der Waals surface area contributed by atoms with E-state index in [-0.39, 0.29) is 0 Å². The molecule has 0 N–H and O–H groups in total. The van der Waals surface area contributed by atoms with Crippen molar-refractivity contribution >= 4 is 11.4 Å². The van der Waals surface area contributed by atoms with Gasteiger partial charge >= 0.3 is 0 Å². The first-order chi connectivity index (χ1) is 19.1. The van der Waals surface area contributed by atoms with E-state index in [1.807, 2.05) is 0 Å². The molecule has 212 valence electrons. The Morgan fingerprint density at radius 1 is 0.436 bits per heavy atom. The lowest BCUT2D eigenvalue weighted by Gasteiger charge is -2.11. The highest BCUT2D eigenvalue weighted by Gasteiger charge is 2.35. The summed E-state index contributed by atoms with van der Waals surface area (Å²) >= 11 is 0. The van der Waals surface area contributed by atoms with E-state index in [0.29, 0.717) is 0 Å². The van der Waals surface area contributed by atoms with Gasteiger partial charge in [-0.2, -0.15) is 0 Å². The summed E-state index contributed by atoms with van der Waals surface area (Å²) in [5.41, 5.74) is 21.7. The summed E-state index contributed by atoms with van der Waals surface area (Å²) in [5, 5.41) is 0. The van der Waals surface area contributed by atoms with Gasteiger partial charge in [0, 0.05) is 22.3 Å². The first-order valence-electron chi connectivity index (χ1n) is 16.3. The maximum absolute atomic E-state index is 11.9. The van der Waals surface area contributed by atoms with Gasteiger partial charge in [0.05, 0.1) is 0 Å². The molecule has 0 atom stereocenters. The molecule has 0 unspecified atom stereocenters. The van der Waals surface area contributed by atoms with E-state index in [9.17, 15) is 5.53 Å². The minimum absolute atomic E-state index is 1.01. The molecule has 39 heavy (non-hydrogen) atoms. The average Bonchev–Trinajstić information content (AvgIpc) is 3.23. The van der Waals surface area contributed by atoms with E-state index < -0.39 is 0 Å². The van der Waals surface area contributed by atoms with E-state index in [1.165, 1.54) is 106 Å². The zero-order valence-electron chi connectivity index (χ0n) is 25.5. The molecular formula is C37H54N2. The number of hydrogen-bond donors (Lipinski definition) is 0. The number of benzene rings is 2. The fourth-order valence-corrected chi connectivity index (χ4v) is 5.86. The number of unbranched alkanes of at least 4 members (excludes halogenated alkanes) is 9. The number of aryl methyl sites for hydroxylation is 2. The van der Waals surface area contributed by atoms with Crippen molar-refractivity contribution in [2.75, 3.05) is 0 Å². The Morgan fingerprint density at radius 3 is 1.23 bits per heavy atom. The lowest BCUT2D eigenvalue weighted by Crippen LogP contribution is -2.03. The third-order valence-corrected chi connectivity index (χ3v) is 8.26. The number of hydrogen-bond acceptors (Lipinski definition) is 0. The van der Waals surface area contributed by atoms with E-state index in [0.717, 1.165) is 48.2 Å². The van der Waals surface area contributed by atoms with Crippen molar-refractivity contribution in [3.8, 4) is 0 Å². The van der Waals surface area contributed by atoms with Crippen molar-refractivity contribution < 1.29 is 4.70 Å². The summed E-state index contributed by atoms with van der Waals surface area (Å²) in [7, 11) is 0. The predicted octanol–water partition coefficient (Wildman–Crippen LogP) is 11.9.